The lowest BCUT2D eigenvalue weighted by atomic mass is 10.1. The van der Waals surface area contributed by atoms with Gasteiger partial charge in [0.2, 0.25) is 0 Å². The molecule has 4 rings (SSSR count). The number of carbonyl (C=O) groups is 1. The highest BCUT2D eigenvalue weighted by Crippen LogP contribution is 2.32. The number of amides is 1. The molecule has 1 aliphatic rings. The van der Waals surface area contributed by atoms with Crippen molar-refractivity contribution in [1.82, 2.24) is 9.88 Å². The fourth-order valence-electron chi connectivity index (χ4n) is 3.54. The van der Waals surface area contributed by atoms with Gasteiger partial charge in [0.1, 0.15) is 5.82 Å². The molecule has 1 amide bonds. The standard InChI is InChI=1S/C24H21ClFN3OS/c1-13-6-5-7-21(15(13)3)27-24-28-23(30)22(31-24)11-17-10-14(2)29(16(17)4)18-8-9-20(26)19(25)12-18/h5-12H,1-4H3,(H,27,28,30)/b22-11-. The molecule has 1 fully saturated rings. The van der Waals surface area contributed by atoms with Gasteiger partial charge in [-0.2, -0.15) is 0 Å². The Labute approximate surface area is 189 Å². The summed E-state index contributed by atoms with van der Waals surface area (Å²) in [7, 11) is 0. The highest BCUT2D eigenvalue weighted by Gasteiger charge is 2.25. The Balaban J connectivity index is 1.66. The number of aromatic nitrogens is 1. The number of thioether (sulfide) groups is 1. The average molecular weight is 454 g/mol. The number of hydrogen-bond acceptors (Lipinski definition) is 3. The molecule has 4 nitrogen and oxygen atoms in total. The Bertz CT molecular complexity index is 1280. The molecule has 1 saturated heterocycles. The monoisotopic (exact) mass is 453 g/mol. The maximum atomic E-state index is 13.6. The largest absolute Gasteiger partial charge is 0.318 e. The molecule has 158 valence electrons. The van der Waals surface area contributed by atoms with E-state index in [1.807, 2.05) is 62.6 Å². The van der Waals surface area contributed by atoms with E-state index < -0.39 is 5.82 Å². The van der Waals surface area contributed by atoms with E-state index in [-0.39, 0.29) is 10.9 Å². The Kier molecular flexibility index (Phi) is 5.77. The number of aryl methyl sites for hydroxylation is 2. The average Bonchev–Trinajstić information content (AvgIpc) is 3.20. The number of benzene rings is 2. The van der Waals surface area contributed by atoms with Crippen LogP contribution in [0.1, 0.15) is 28.1 Å². The molecule has 1 aliphatic heterocycles. The van der Waals surface area contributed by atoms with Gasteiger partial charge < -0.3 is 9.88 Å². The summed E-state index contributed by atoms with van der Waals surface area (Å²) in [6.07, 6.45) is 1.86. The molecule has 0 bridgehead atoms. The zero-order chi connectivity index (χ0) is 22.3. The van der Waals surface area contributed by atoms with Gasteiger partial charge in [-0.15, -0.1) is 0 Å². The van der Waals surface area contributed by atoms with Crippen LogP contribution >= 0.6 is 23.4 Å². The van der Waals surface area contributed by atoms with Crippen molar-refractivity contribution in [2.45, 2.75) is 27.7 Å². The molecule has 0 unspecified atom stereocenters. The Morgan fingerprint density at radius 2 is 1.90 bits per heavy atom. The summed E-state index contributed by atoms with van der Waals surface area (Å²) in [5.74, 6) is -0.631. The van der Waals surface area contributed by atoms with Gasteiger partial charge in [0.25, 0.3) is 5.91 Å². The van der Waals surface area contributed by atoms with Crippen LogP contribution in [0, 0.1) is 33.5 Å². The van der Waals surface area contributed by atoms with Crippen molar-refractivity contribution in [2.75, 3.05) is 0 Å². The van der Waals surface area contributed by atoms with Gasteiger partial charge in [-0.1, -0.05) is 23.7 Å². The van der Waals surface area contributed by atoms with Crippen molar-refractivity contribution in [3.63, 3.8) is 0 Å². The summed E-state index contributed by atoms with van der Waals surface area (Å²) in [6, 6.07) is 12.6. The van der Waals surface area contributed by atoms with Crippen molar-refractivity contribution in [3.05, 3.63) is 86.3 Å². The van der Waals surface area contributed by atoms with Gasteiger partial charge in [-0.25, -0.2) is 9.38 Å². The predicted molar refractivity (Wildman–Crippen MR) is 127 cm³/mol. The second-order valence-corrected chi connectivity index (χ2v) is 8.90. The quantitative estimate of drug-likeness (QED) is 0.466. The molecular weight excluding hydrogens is 433 g/mol. The molecule has 0 saturated carbocycles. The number of nitrogens with zero attached hydrogens (tertiary/aromatic N) is 2. The molecule has 0 radical (unpaired) electrons. The summed E-state index contributed by atoms with van der Waals surface area (Å²) in [5, 5.41) is 3.48. The number of rotatable bonds is 3. The summed E-state index contributed by atoms with van der Waals surface area (Å²) in [5.41, 5.74) is 6.65. The van der Waals surface area contributed by atoms with Crippen molar-refractivity contribution < 1.29 is 9.18 Å². The number of amidine groups is 1. The van der Waals surface area contributed by atoms with E-state index >= 15 is 0 Å². The first-order valence-electron chi connectivity index (χ1n) is 9.75. The lowest BCUT2D eigenvalue weighted by molar-refractivity contribution is -0.115. The van der Waals surface area contributed by atoms with Crippen LogP contribution in [0.5, 0.6) is 0 Å². The van der Waals surface area contributed by atoms with Gasteiger partial charge in [0.15, 0.2) is 5.17 Å². The molecule has 7 heteroatoms. The fourth-order valence-corrected chi connectivity index (χ4v) is 4.54. The molecule has 1 N–H and O–H groups in total. The fraction of sp³-hybridized carbons (Fsp3) is 0.167. The van der Waals surface area contributed by atoms with E-state index in [1.54, 1.807) is 12.1 Å². The smallest absolute Gasteiger partial charge is 0.264 e. The summed E-state index contributed by atoms with van der Waals surface area (Å²) in [4.78, 5) is 17.7. The number of aliphatic imine (C=N–C) groups is 1. The lowest BCUT2D eigenvalue weighted by Crippen LogP contribution is -2.19. The minimum atomic E-state index is -0.454. The Morgan fingerprint density at radius 3 is 2.65 bits per heavy atom. The van der Waals surface area contributed by atoms with Crippen molar-refractivity contribution in [1.29, 1.82) is 0 Å². The minimum absolute atomic E-state index is 0.0722. The number of carbonyl (C=O) groups excluding carboxylic acids is 1. The van der Waals surface area contributed by atoms with Crippen LogP contribution in [-0.2, 0) is 4.79 Å². The first-order chi connectivity index (χ1) is 14.7. The van der Waals surface area contributed by atoms with Crippen LogP contribution in [0.15, 0.2) is 52.4 Å². The minimum Gasteiger partial charge on any atom is -0.318 e. The van der Waals surface area contributed by atoms with E-state index in [4.69, 9.17) is 11.6 Å². The van der Waals surface area contributed by atoms with Gasteiger partial charge in [-0.3, -0.25) is 4.79 Å². The van der Waals surface area contributed by atoms with Crippen LogP contribution in [-0.4, -0.2) is 15.6 Å². The number of halogens is 2. The molecular formula is C24H21ClFN3OS. The zero-order valence-electron chi connectivity index (χ0n) is 17.6. The highest BCUT2D eigenvalue weighted by molar-refractivity contribution is 8.18. The summed E-state index contributed by atoms with van der Waals surface area (Å²) < 4.78 is 15.6. The lowest BCUT2D eigenvalue weighted by Gasteiger charge is -2.10. The third kappa shape index (κ3) is 4.18. The maximum Gasteiger partial charge on any atom is 0.264 e. The first kappa shape index (κ1) is 21.4. The van der Waals surface area contributed by atoms with E-state index in [2.05, 4.69) is 10.3 Å². The highest BCUT2D eigenvalue weighted by atomic mass is 35.5. The number of hydrogen-bond donors (Lipinski definition) is 1. The van der Waals surface area contributed by atoms with E-state index in [9.17, 15) is 9.18 Å². The summed E-state index contributed by atoms with van der Waals surface area (Å²) in [6.45, 7) is 7.97. The van der Waals surface area contributed by atoms with Crippen LogP contribution < -0.4 is 5.32 Å². The molecule has 0 atom stereocenters. The predicted octanol–water partition coefficient (Wildman–Crippen LogP) is 6.40. The van der Waals surface area contributed by atoms with Crippen molar-refractivity contribution >= 4 is 46.2 Å². The van der Waals surface area contributed by atoms with Gasteiger partial charge in [-0.05, 0) is 92.6 Å². The molecule has 2 heterocycles. The Hall–Kier alpha value is -2.83. The van der Waals surface area contributed by atoms with Gasteiger partial charge in [0.05, 0.1) is 15.6 Å². The molecule has 3 aromatic rings. The van der Waals surface area contributed by atoms with Crippen LogP contribution in [0.4, 0.5) is 10.1 Å². The molecule has 1 aromatic heterocycles. The first-order valence-corrected chi connectivity index (χ1v) is 10.9. The Morgan fingerprint density at radius 1 is 1.13 bits per heavy atom. The third-order valence-electron chi connectivity index (χ3n) is 5.37. The van der Waals surface area contributed by atoms with Crippen molar-refractivity contribution in [2.24, 2.45) is 4.99 Å². The SMILES string of the molecule is Cc1cccc(N=C2NC(=O)/C(=C/c3cc(C)n(-c4ccc(F)c(Cl)c4)c3C)S2)c1C. The van der Waals surface area contributed by atoms with Crippen LogP contribution in [0.25, 0.3) is 11.8 Å². The normalized spacial score (nSPS) is 16.4. The van der Waals surface area contributed by atoms with E-state index in [0.717, 1.165) is 39.5 Å². The molecule has 0 spiro atoms. The molecule has 2 aromatic carbocycles. The van der Waals surface area contributed by atoms with Gasteiger partial charge in [0, 0.05) is 17.1 Å². The maximum absolute atomic E-state index is 13.6. The van der Waals surface area contributed by atoms with E-state index in [1.165, 1.54) is 17.8 Å². The third-order valence-corrected chi connectivity index (χ3v) is 6.57. The van der Waals surface area contributed by atoms with Gasteiger partial charge >= 0.3 is 0 Å². The van der Waals surface area contributed by atoms with Crippen molar-refractivity contribution in [3.8, 4) is 5.69 Å². The number of nitrogens with one attached hydrogen (secondary N) is 1. The van der Waals surface area contributed by atoms with E-state index in [0.29, 0.717) is 10.1 Å². The second-order valence-electron chi connectivity index (χ2n) is 7.46. The second kappa shape index (κ2) is 8.36. The topological polar surface area (TPSA) is 46.4 Å². The molecule has 31 heavy (non-hydrogen) atoms. The zero-order valence-corrected chi connectivity index (χ0v) is 19.2. The summed E-state index contributed by atoms with van der Waals surface area (Å²) >= 11 is 7.28. The van der Waals surface area contributed by atoms with Crippen LogP contribution in [0.3, 0.4) is 0 Å². The molecule has 0 aliphatic carbocycles. The van der Waals surface area contributed by atoms with Crippen LogP contribution in [0.2, 0.25) is 5.02 Å².